The van der Waals surface area contributed by atoms with Gasteiger partial charge in [-0.3, -0.25) is 9.52 Å². The lowest BCUT2D eigenvalue weighted by atomic mass is 10.2. The highest BCUT2D eigenvalue weighted by Crippen LogP contribution is 2.35. The van der Waals surface area contributed by atoms with E-state index < -0.39 is 33.4 Å². The Hall–Kier alpha value is -2.55. The predicted octanol–water partition coefficient (Wildman–Crippen LogP) is 3.64. The van der Waals surface area contributed by atoms with Crippen LogP contribution in [-0.4, -0.2) is 20.4 Å². The summed E-state index contributed by atoms with van der Waals surface area (Å²) in [6, 6.07) is 9.18. The minimum Gasteiger partial charge on any atom is -0.350 e. The normalized spacial score (nSPS) is 12.1. The SMILES string of the molecule is CC(C)NC(=O)c1cccc(S(=O)(=O)Nc2ccccc2C(F)(F)F)c1. The quantitative estimate of drug-likeness (QED) is 0.824. The minimum atomic E-state index is -4.71. The van der Waals surface area contributed by atoms with Gasteiger partial charge >= 0.3 is 6.18 Å². The van der Waals surface area contributed by atoms with Crippen LogP contribution >= 0.6 is 0 Å². The summed E-state index contributed by atoms with van der Waals surface area (Å²) < 4.78 is 66.0. The van der Waals surface area contributed by atoms with Crippen molar-refractivity contribution in [3.8, 4) is 0 Å². The fourth-order valence-electron chi connectivity index (χ4n) is 2.17. The Morgan fingerprint density at radius 1 is 1.04 bits per heavy atom. The molecule has 0 aliphatic rings. The number of halogens is 3. The zero-order chi connectivity index (χ0) is 19.5. The van der Waals surface area contributed by atoms with Crippen LogP contribution in [0.15, 0.2) is 53.4 Å². The predicted molar refractivity (Wildman–Crippen MR) is 91.3 cm³/mol. The molecule has 9 heteroatoms. The van der Waals surface area contributed by atoms with E-state index in [1.807, 2.05) is 4.72 Å². The fourth-order valence-corrected chi connectivity index (χ4v) is 3.30. The van der Waals surface area contributed by atoms with Gasteiger partial charge in [-0.1, -0.05) is 18.2 Å². The highest BCUT2D eigenvalue weighted by atomic mass is 32.2. The number of hydrogen-bond donors (Lipinski definition) is 2. The Bertz CT molecular complexity index is 909. The van der Waals surface area contributed by atoms with Crippen LogP contribution in [0, 0.1) is 0 Å². The van der Waals surface area contributed by atoms with Crippen molar-refractivity contribution < 1.29 is 26.4 Å². The number of alkyl halides is 3. The van der Waals surface area contributed by atoms with Crippen LogP contribution in [0.4, 0.5) is 18.9 Å². The molecule has 0 saturated heterocycles. The topological polar surface area (TPSA) is 75.3 Å². The number of amides is 1. The molecule has 2 aromatic rings. The van der Waals surface area contributed by atoms with Crippen molar-refractivity contribution in [2.45, 2.75) is 31.0 Å². The molecule has 0 atom stereocenters. The second-order valence-corrected chi connectivity index (χ2v) is 7.49. The van der Waals surface area contributed by atoms with Gasteiger partial charge in [0.25, 0.3) is 15.9 Å². The largest absolute Gasteiger partial charge is 0.418 e. The average molecular weight is 386 g/mol. The van der Waals surface area contributed by atoms with Crippen LogP contribution in [0.3, 0.4) is 0 Å². The van der Waals surface area contributed by atoms with E-state index in [0.717, 1.165) is 24.3 Å². The van der Waals surface area contributed by atoms with Crippen molar-refractivity contribution in [1.29, 1.82) is 0 Å². The van der Waals surface area contributed by atoms with Crippen molar-refractivity contribution in [3.05, 3.63) is 59.7 Å². The molecule has 0 fully saturated rings. The first kappa shape index (κ1) is 19.8. The molecule has 0 aliphatic carbocycles. The summed E-state index contributed by atoms with van der Waals surface area (Å²) in [7, 11) is -4.31. The van der Waals surface area contributed by atoms with Gasteiger partial charge in [0.1, 0.15) is 0 Å². The molecule has 2 rings (SSSR count). The third-order valence-electron chi connectivity index (χ3n) is 3.30. The van der Waals surface area contributed by atoms with E-state index in [1.165, 1.54) is 24.3 Å². The number of carbonyl (C=O) groups excluding carboxylic acids is 1. The molecular weight excluding hydrogens is 369 g/mol. The van der Waals surface area contributed by atoms with E-state index in [0.29, 0.717) is 0 Å². The smallest absolute Gasteiger partial charge is 0.350 e. The highest BCUT2D eigenvalue weighted by molar-refractivity contribution is 7.92. The van der Waals surface area contributed by atoms with Gasteiger partial charge < -0.3 is 5.32 Å². The van der Waals surface area contributed by atoms with Crippen molar-refractivity contribution in [1.82, 2.24) is 5.32 Å². The zero-order valence-electron chi connectivity index (χ0n) is 14.0. The fraction of sp³-hybridized carbons (Fsp3) is 0.235. The first-order valence-electron chi connectivity index (χ1n) is 7.60. The van der Waals surface area contributed by atoms with Gasteiger partial charge in [0.05, 0.1) is 16.1 Å². The van der Waals surface area contributed by atoms with Gasteiger partial charge in [-0.15, -0.1) is 0 Å². The summed E-state index contributed by atoms with van der Waals surface area (Å²) in [5.74, 6) is -0.479. The lowest BCUT2D eigenvalue weighted by Crippen LogP contribution is -2.30. The van der Waals surface area contributed by atoms with Crippen LogP contribution in [0.2, 0.25) is 0 Å². The van der Waals surface area contributed by atoms with E-state index in [-0.39, 0.29) is 16.5 Å². The number of rotatable bonds is 5. The molecule has 5 nitrogen and oxygen atoms in total. The molecule has 26 heavy (non-hydrogen) atoms. The standard InChI is InChI=1S/C17H17F3N2O3S/c1-11(2)21-16(23)12-6-5-7-13(10-12)26(24,25)22-15-9-4-3-8-14(15)17(18,19)20/h3-11,22H,1-2H3,(H,21,23). The highest BCUT2D eigenvalue weighted by Gasteiger charge is 2.34. The molecule has 1 amide bonds. The van der Waals surface area contributed by atoms with Crippen LogP contribution < -0.4 is 10.0 Å². The third-order valence-corrected chi connectivity index (χ3v) is 4.67. The number of nitrogens with one attached hydrogen (secondary N) is 2. The summed E-state index contributed by atoms with van der Waals surface area (Å²) in [5.41, 5.74) is -1.60. The number of benzene rings is 2. The molecule has 0 aliphatic heterocycles. The first-order chi connectivity index (χ1) is 12.0. The van der Waals surface area contributed by atoms with Crippen molar-refractivity contribution in [3.63, 3.8) is 0 Å². The van der Waals surface area contributed by atoms with Crippen LogP contribution in [-0.2, 0) is 16.2 Å². The van der Waals surface area contributed by atoms with Gasteiger partial charge in [-0.25, -0.2) is 8.42 Å². The maximum Gasteiger partial charge on any atom is 0.418 e. The van der Waals surface area contributed by atoms with Crippen LogP contribution in [0.25, 0.3) is 0 Å². The van der Waals surface area contributed by atoms with E-state index >= 15 is 0 Å². The Labute approximate surface area is 149 Å². The number of anilines is 1. The molecule has 0 unspecified atom stereocenters. The second kappa shape index (κ2) is 7.36. The monoisotopic (exact) mass is 386 g/mol. The van der Waals surface area contributed by atoms with E-state index in [1.54, 1.807) is 13.8 Å². The Morgan fingerprint density at radius 3 is 2.31 bits per heavy atom. The second-order valence-electron chi connectivity index (χ2n) is 5.80. The molecule has 140 valence electrons. The minimum absolute atomic E-state index is 0.0886. The number of hydrogen-bond acceptors (Lipinski definition) is 3. The summed E-state index contributed by atoms with van der Waals surface area (Å²) >= 11 is 0. The molecule has 0 radical (unpaired) electrons. The van der Waals surface area contributed by atoms with Crippen molar-refractivity contribution >= 4 is 21.6 Å². The van der Waals surface area contributed by atoms with Crippen molar-refractivity contribution in [2.24, 2.45) is 0 Å². The Kier molecular flexibility index (Phi) is 5.60. The molecule has 0 aromatic heterocycles. The molecule has 2 N–H and O–H groups in total. The molecule has 0 spiro atoms. The van der Waals surface area contributed by atoms with Gasteiger partial charge in [-0.05, 0) is 44.2 Å². The molecule has 0 heterocycles. The summed E-state index contributed by atoms with van der Waals surface area (Å²) in [6.07, 6.45) is -4.71. The third kappa shape index (κ3) is 4.75. The van der Waals surface area contributed by atoms with Crippen LogP contribution in [0.1, 0.15) is 29.8 Å². The maximum atomic E-state index is 13.0. The summed E-state index contributed by atoms with van der Waals surface area (Å²) in [6.45, 7) is 3.49. The average Bonchev–Trinajstić information content (AvgIpc) is 2.53. The van der Waals surface area contributed by atoms with Gasteiger partial charge in [-0.2, -0.15) is 13.2 Å². The Balaban J connectivity index is 2.37. The van der Waals surface area contributed by atoms with Gasteiger partial charge in [0, 0.05) is 11.6 Å². The summed E-state index contributed by atoms with van der Waals surface area (Å²) in [4.78, 5) is 11.7. The number of para-hydroxylation sites is 1. The maximum absolute atomic E-state index is 13.0. The van der Waals surface area contributed by atoms with E-state index in [9.17, 15) is 26.4 Å². The number of carbonyl (C=O) groups is 1. The molecule has 0 saturated carbocycles. The summed E-state index contributed by atoms with van der Waals surface area (Å²) in [5, 5.41) is 2.61. The first-order valence-corrected chi connectivity index (χ1v) is 9.09. The molecule has 0 bridgehead atoms. The number of sulfonamides is 1. The van der Waals surface area contributed by atoms with Crippen molar-refractivity contribution in [2.75, 3.05) is 4.72 Å². The van der Waals surface area contributed by atoms with Crippen LogP contribution in [0.5, 0.6) is 0 Å². The van der Waals surface area contributed by atoms with Gasteiger partial charge in [0.15, 0.2) is 0 Å². The van der Waals surface area contributed by atoms with Gasteiger partial charge in [0.2, 0.25) is 0 Å². The van der Waals surface area contributed by atoms with E-state index in [2.05, 4.69) is 5.32 Å². The molecule has 2 aromatic carbocycles. The van der Waals surface area contributed by atoms with E-state index in [4.69, 9.17) is 0 Å². The molecular formula is C17H17F3N2O3S. The lowest BCUT2D eigenvalue weighted by Gasteiger charge is -2.15. The lowest BCUT2D eigenvalue weighted by molar-refractivity contribution is -0.136. The Morgan fingerprint density at radius 2 is 1.69 bits per heavy atom. The zero-order valence-corrected chi connectivity index (χ0v) is 14.8.